The van der Waals surface area contributed by atoms with E-state index in [2.05, 4.69) is 31.4 Å². The second kappa shape index (κ2) is 7.75. The number of anilines is 1. The maximum atomic E-state index is 13.5. The minimum absolute atomic E-state index is 0.00813. The zero-order valence-electron chi connectivity index (χ0n) is 14.4. The average molecular weight is 336 g/mol. The second-order valence-corrected chi connectivity index (χ2v) is 7.20. The predicted octanol–water partition coefficient (Wildman–Crippen LogP) is 2.72. The first-order chi connectivity index (χ1) is 11.3. The summed E-state index contributed by atoms with van der Waals surface area (Å²) in [4.78, 5) is 23.9. The monoisotopic (exact) mass is 336 g/mol. The van der Waals surface area contributed by atoms with Crippen LogP contribution in [0.2, 0.25) is 0 Å². The van der Waals surface area contributed by atoms with E-state index in [4.69, 9.17) is 4.74 Å². The lowest BCUT2D eigenvalue weighted by atomic mass is 9.78. The van der Waals surface area contributed by atoms with E-state index in [9.17, 15) is 14.0 Å². The van der Waals surface area contributed by atoms with E-state index >= 15 is 0 Å². The van der Waals surface area contributed by atoms with Crippen LogP contribution < -0.4 is 10.6 Å². The quantitative estimate of drug-likeness (QED) is 0.834. The number of ether oxygens (including phenoxy) is 1. The predicted molar refractivity (Wildman–Crippen MR) is 90.0 cm³/mol. The molecule has 24 heavy (non-hydrogen) atoms. The molecule has 0 saturated carbocycles. The zero-order valence-corrected chi connectivity index (χ0v) is 14.4. The fraction of sp³-hybridized carbons (Fsp3) is 0.556. The lowest BCUT2D eigenvalue weighted by molar-refractivity contribution is -0.137. The first-order valence-corrected chi connectivity index (χ1v) is 8.24. The van der Waals surface area contributed by atoms with Crippen LogP contribution in [-0.4, -0.2) is 31.1 Å². The van der Waals surface area contributed by atoms with Gasteiger partial charge in [-0.1, -0.05) is 32.9 Å². The maximum absolute atomic E-state index is 13.5. The van der Waals surface area contributed by atoms with E-state index in [1.54, 1.807) is 6.07 Å². The van der Waals surface area contributed by atoms with Gasteiger partial charge in [-0.2, -0.15) is 0 Å². The van der Waals surface area contributed by atoms with Crippen molar-refractivity contribution in [3.8, 4) is 0 Å². The Balaban J connectivity index is 1.90. The van der Waals surface area contributed by atoms with Gasteiger partial charge in [0.25, 0.3) is 0 Å². The number of hydrogen-bond donors (Lipinski definition) is 2. The van der Waals surface area contributed by atoms with Gasteiger partial charge in [0.05, 0.1) is 11.8 Å². The first-order valence-electron chi connectivity index (χ1n) is 8.24. The highest BCUT2D eigenvalue weighted by Crippen LogP contribution is 2.33. The van der Waals surface area contributed by atoms with Gasteiger partial charge in [-0.25, -0.2) is 4.39 Å². The van der Waals surface area contributed by atoms with Gasteiger partial charge in [0.2, 0.25) is 0 Å². The van der Waals surface area contributed by atoms with Crippen LogP contribution in [0.15, 0.2) is 24.3 Å². The Morgan fingerprint density at radius 2 is 1.96 bits per heavy atom. The third kappa shape index (κ3) is 4.77. The smallest absolute Gasteiger partial charge is 0.313 e. The summed E-state index contributed by atoms with van der Waals surface area (Å²) in [6.45, 7) is 7.39. The molecule has 0 aromatic heterocycles. The number of carbonyl (C=O) groups is 2. The third-order valence-electron chi connectivity index (χ3n) is 4.15. The average Bonchev–Trinajstić information content (AvgIpc) is 2.54. The largest absolute Gasteiger partial charge is 0.377 e. The van der Waals surface area contributed by atoms with Crippen LogP contribution in [0, 0.1) is 17.2 Å². The van der Waals surface area contributed by atoms with Crippen LogP contribution >= 0.6 is 0 Å². The minimum Gasteiger partial charge on any atom is -0.377 e. The summed E-state index contributed by atoms with van der Waals surface area (Å²) in [5, 5.41) is 4.92. The van der Waals surface area contributed by atoms with E-state index < -0.39 is 17.6 Å². The standard InChI is InChI=1S/C18H25FN2O3/c1-18(2,3)15-12(7-6-10-24-15)11-20-16(22)17(23)21-14-9-5-4-8-13(14)19/h4-5,8-9,12,15H,6-7,10-11H2,1-3H3,(H,20,22)(H,21,23)/t12-,15-/m1/s1. The number of halogens is 1. The van der Waals surface area contributed by atoms with Crippen molar-refractivity contribution in [3.05, 3.63) is 30.1 Å². The lowest BCUT2D eigenvalue weighted by Gasteiger charge is -2.40. The lowest BCUT2D eigenvalue weighted by Crippen LogP contribution is -2.46. The molecule has 2 atom stereocenters. The van der Waals surface area contributed by atoms with E-state index in [0.717, 1.165) is 19.4 Å². The van der Waals surface area contributed by atoms with E-state index in [1.165, 1.54) is 18.2 Å². The fourth-order valence-corrected chi connectivity index (χ4v) is 3.06. The number of benzene rings is 1. The third-order valence-corrected chi connectivity index (χ3v) is 4.15. The van der Waals surface area contributed by atoms with Gasteiger partial charge in [0.1, 0.15) is 5.82 Å². The SMILES string of the molecule is CC(C)(C)[C@@H]1OCCC[C@@H]1CNC(=O)C(=O)Nc1ccccc1F. The topological polar surface area (TPSA) is 67.4 Å². The van der Waals surface area contributed by atoms with Gasteiger partial charge in [0, 0.05) is 19.1 Å². The van der Waals surface area contributed by atoms with Crippen molar-refractivity contribution in [3.63, 3.8) is 0 Å². The molecule has 1 aromatic rings. The van der Waals surface area contributed by atoms with E-state index in [0.29, 0.717) is 6.54 Å². The van der Waals surface area contributed by atoms with Crippen LogP contribution in [0.3, 0.4) is 0 Å². The summed E-state index contributed by atoms with van der Waals surface area (Å²) in [5.74, 6) is -2.06. The Bertz CT molecular complexity index is 598. The van der Waals surface area contributed by atoms with Crippen LogP contribution in [0.4, 0.5) is 10.1 Å². The molecule has 0 bridgehead atoms. The van der Waals surface area contributed by atoms with Gasteiger partial charge in [-0.15, -0.1) is 0 Å². The fourth-order valence-electron chi connectivity index (χ4n) is 3.06. The highest BCUT2D eigenvalue weighted by molar-refractivity contribution is 6.39. The molecule has 2 N–H and O–H groups in total. The molecule has 5 nitrogen and oxygen atoms in total. The van der Waals surface area contributed by atoms with E-state index in [1.807, 2.05) is 0 Å². The summed E-state index contributed by atoms with van der Waals surface area (Å²) in [7, 11) is 0. The van der Waals surface area contributed by atoms with Crippen LogP contribution in [0.5, 0.6) is 0 Å². The molecule has 132 valence electrons. The second-order valence-electron chi connectivity index (χ2n) is 7.20. The van der Waals surface area contributed by atoms with Crippen molar-refractivity contribution in [2.45, 2.75) is 39.7 Å². The molecule has 1 aromatic carbocycles. The molecule has 0 spiro atoms. The van der Waals surface area contributed by atoms with Crippen molar-refractivity contribution in [2.24, 2.45) is 11.3 Å². The molecular weight excluding hydrogens is 311 g/mol. The normalized spacial score (nSPS) is 21.2. The van der Waals surface area contributed by atoms with Crippen molar-refractivity contribution in [1.82, 2.24) is 5.32 Å². The van der Waals surface area contributed by atoms with Crippen molar-refractivity contribution in [1.29, 1.82) is 0 Å². The molecule has 1 fully saturated rings. The summed E-state index contributed by atoms with van der Waals surface area (Å²) < 4.78 is 19.4. The van der Waals surface area contributed by atoms with E-state index in [-0.39, 0.29) is 23.1 Å². The molecule has 1 saturated heterocycles. The van der Waals surface area contributed by atoms with Crippen LogP contribution in [0.25, 0.3) is 0 Å². The maximum Gasteiger partial charge on any atom is 0.313 e. The highest BCUT2D eigenvalue weighted by atomic mass is 19.1. The highest BCUT2D eigenvalue weighted by Gasteiger charge is 2.35. The van der Waals surface area contributed by atoms with Crippen LogP contribution in [0.1, 0.15) is 33.6 Å². The number of hydrogen-bond acceptors (Lipinski definition) is 3. The summed E-state index contributed by atoms with van der Waals surface area (Å²) >= 11 is 0. The van der Waals surface area contributed by atoms with Crippen molar-refractivity contribution >= 4 is 17.5 Å². The first kappa shape index (κ1) is 18.4. The number of nitrogens with one attached hydrogen (secondary N) is 2. The Hall–Kier alpha value is -1.95. The van der Waals surface area contributed by atoms with Crippen molar-refractivity contribution < 1.29 is 18.7 Å². The van der Waals surface area contributed by atoms with Gasteiger partial charge >= 0.3 is 11.8 Å². The van der Waals surface area contributed by atoms with Crippen molar-refractivity contribution in [2.75, 3.05) is 18.5 Å². The van der Waals surface area contributed by atoms with Gasteiger partial charge in [-0.3, -0.25) is 9.59 Å². The Labute approximate surface area is 142 Å². The molecule has 0 unspecified atom stereocenters. The molecular formula is C18H25FN2O3. The molecule has 6 heteroatoms. The summed E-state index contributed by atoms with van der Waals surface area (Å²) in [6.07, 6.45) is 1.91. The number of amides is 2. The molecule has 1 aliphatic heterocycles. The molecule has 2 rings (SSSR count). The summed E-state index contributed by atoms with van der Waals surface area (Å²) in [5.41, 5.74) is -0.0446. The van der Waals surface area contributed by atoms with Crippen LogP contribution in [-0.2, 0) is 14.3 Å². The summed E-state index contributed by atoms with van der Waals surface area (Å²) in [6, 6.07) is 5.73. The number of rotatable bonds is 3. The van der Waals surface area contributed by atoms with Gasteiger partial charge in [0.15, 0.2) is 0 Å². The number of carbonyl (C=O) groups excluding carboxylic acids is 2. The molecule has 0 radical (unpaired) electrons. The Morgan fingerprint density at radius 3 is 2.62 bits per heavy atom. The van der Waals surface area contributed by atoms with Gasteiger partial charge in [-0.05, 0) is 30.4 Å². The molecule has 0 aliphatic carbocycles. The Morgan fingerprint density at radius 1 is 1.25 bits per heavy atom. The van der Waals surface area contributed by atoms with Gasteiger partial charge < -0.3 is 15.4 Å². The number of para-hydroxylation sites is 1. The minimum atomic E-state index is -0.871. The Kier molecular flexibility index (Phi) is 5.94. The molecule has 2 amide bonds. The zero-order chi connectivity index (χ0) is 17.7. The molecule has 1 heterocycles. The molecule has 1 aliphatic rings.